The van der Waals surface area contributed by atoms with Gasteiger partial charge in [0, 0.05) is 42.3 Å². The first kappa shape index (κ1) is 21.8. The molecule has 0 aliphatic carbocycles. The van der Waals surface area contributed by atoms with E-state index in [-0.39, 0.29) is 0 Å². The van der Waals surface area contributed by atoms with Crippen LogP contribution in [0.5, 0.6) is 0 Å². The molecule has 0 saturated carbocycles. The van der Waals surface area contributed by atoms with Crippen LogP contribution >= 0.6 is 0 Å². The number of aromatic nitrogens is 1. The van der Waals surface area contributed by atoms with Crippen molar-refractivity contribution >= 4 is 30.6 Å². The zero-order valence-electron chi connectivity index (χ0n) is 18.6. The van der Waals surface area contributed by atoms with Crippen LogP contribution in [0.1, 0.15) is 26.3 Å². The van der Waals surface area contributed by atoms with E-state index in [1.165, 1.54) is 33.1 Å². The largest absolute Gasteiger partial charge is 0.501 e. The smallest absolute Gasteiger partial charge is 0.374 e. The second-order valence-electron chi connectivity index (χ2n) is 7.52. The Morgan fingerprint density at radius 3 is 1.97 bits per heavy atom. The molecule has 162 valence electrons. The molecule has 0 aliphatic rings. The van der Waals surface area contributed by atoms with Gasteiger partial charge in [-0.05, 0) is 63.1 Å². The highest BCUT2D eigenvalue weighted by molar-refractivity contribution is 6.60. The topological polar surface area (TPSA) is 32.6 Å². The Hall–Kier alpha value is -2.44. The molecule has 0 bridgehead atoms. The molecule has 3 aromatic carbocycles. The summed E-state index contributed by atoms with van der Waals surface area (Å²) >= 11 is 0. The zero-order valence-corrected chi connectivity index (χ0v) is 19.6. The van der Waals surface area contributed by atoms with Gasteiger partial charge < -0.3 is 17.8 Å². The summed E-state index contributed by atoms with van der Waals surface area (Å²) in [4.78, 5) is 0. The van der Waals surface area contributed by atoms with E-state index in [9.17, 15) is 0 Å². The van der Waals surface area contributed by atoms with Gasteiger partial charge >= 0.3 is 8.80 Å². The summed E-state index contributed by atoms with van der Waals surface area (Å²) in [6, 6.07) is 26.7. The van der Waals surface area contributed by atoms with Crippen molar-refractivity contribution in [1.82, 2.24) is 4.57 Å². The van der Waals surface area contributed by atoms with Gasteiger partial charge in [0.15, 0.2) is 0 Å². The van der Waals surface area contributed by atoms with E-state index in [0.717, 1.165) is 12.5 Å². The Kier molecular flexibility index (Phi) is 6.88. The van der Waals surface area contributed by atoms with Crippen molar-refractivity contribution in [2.24, 2.45) is 0 Å². The number of para-hydroxylation sites is 2. The molecular weight excluding hydrogens is 402 g/mol. The SMILES string of the molecule is CCO[Si](CCc1ccc2c(c1)c1ccccc1n2-c1ccccc1)(OCC)OCC. The van der Waals surface area contributed by atoms with Crippen LogP contribution in [0.3, 0.4) is 0 Å². The summed E-state index contributed by atoms with van der Waals surface area (Å²) in [6.45, 7) is 7.83. The molecule has 1 heterocycles. The van der Waals surface area contributed by atoms with Crippen LogP contribution in [0.4, 0.5) is 0 Å². The third kappa shape index (κ3) is 4.46. The monoisotopic (exact) mass is 433 g/mol. The predicted octanol–water partition coefficient (Wildman–Crippen LogP) is 6.37. The molecule has 0 saturated heterocycles. The minimum absolute atomic E-state index is 0.607. The zero-order chi connectivity index (χ0) is 21.7. The second kappa shape index (κ2) is 9.79. The average Bonchev–Trinajstić information content (AvgIpc) is 3.13. The van der Waals surface area contributed by atoms with Crippen LogP contribution in [-0.2, 0) is 19.7 Å². The van der Waals surface area contributed by atoms with Crippen molar-refractivity contribution in [3.8, 4) is 5.69 Å². The summed E-state index contributed by atoms with van der Waals surface area (Å²) in [5, 5.41) is 2.54. The Bertz CT molecular complexity index is 1120. The van der Waals surface area contributed by atoms with Crippen LogP contribution in [0.25, 0.3) is 27.5 Å². The third-order valence-corrected chi connectivity index (χ3v) is 8.61. The molecule has 1 aromatic heterocycles. The lowest BCUT2D eigenvalue weighted by Crippen LogP contribution is -2.46. The lowest BCUT2D eigenvalue weighted by atomic mass is 10.1. The third-order valence-electron chi connectivity index (χ3n) is 5.56. The van der Waals surface area contributed by atoms with E-state index in [1.807, 2.05) is 20.8 Å². The van der Waals surface area contributed by atoms with Crippen molar-refractivity contribution in [3.63, 3.8) is 0 Å². The Balaban J connectivity index is 1.72. The number of benzene rings is 3. The average molecular weight is 434 g/mol. The number of hydrogen-bond acceptors (Lipinski definition) is 3. The van der Waals surface area contributed by atoms with Gasteiger partial charge in [-0.3, -0.25) is 0 Å². The first-order valence-electron chi connectivity index (χ1n) is 11.2. The van der Waals surface area contributed by atoms with Crippen molar-refractivity contribution in [2.75, 3.05) is 19.8 Å². The van der Waals surface area contributed by atoms with E-state index >= 15 is 0 Å². The van der Waals surface area contributed by atoms with Gasteiger partial charge in [-0.25, -0.2) is 0 Å². The van der Waals surface area contributed by atoms with Crippen molar-refractivity contribution in [3.05, 3.63) is 78.4 Å². The fourth-order valence-corrected chi connectivity index (χ4v) is 6.93. The van der Waals surface area contributed by atoms with Gasteiger partial charge in [0.05, 0.1) is 11.0 Å². The van der Waals surface area contributed by atoms with E-state index < -0.39 is 8.80 Å². The maximum absolute atomic E-state index is 6.04. The van der Waals surface area contributed by atoms with E-state index in [1.54, 1.807) is 0 Å². The first-order valence-corrected chi connectivity index (χ1v) is 13.1. The fraction of sp³-hybridized carbons (Fsp3) is 0.308. The molecule has 5 heteroatoms. The molecular formula is C26H31NO3Si. The molecule has 31 heavy (non-hydrogen) atoms. The van der Waals surface area contributed by atoms with Crippen molar-refractivity contribution < 1.29 is 13.3 Å². The predicted molar refractivity (Wildman–Crippen MR) is 130 cm³/mol. The van der Waals surface area contributed by atoms with Gasteiger partial charge in [0.1, 0.15) is 0 Å². The molecule has 0 N–H and O–H groups in total. The molecule has 4 rings (SSSR count). The van der Waals surface area contributed by atoms with Crippen LogP contribution < -0.4 is 0 Å². The summed E-state index contributed by atoms with van der Waals surface area (Å²) < 4.78 is 20.5. The molecule has 0 aliphatic heterocycles. The van der Waals surface area contributed by atoms with Gasteiger partial charge in [0.2, 0.25) is 0 Å². The summed E-state index contributed by atoms with van der Waals surface area (Å²) in [6.07, 6.45) is 0.868. The number of rotatable bonds is 10. The van der Waals surface area contributed by atoms with E-state index in [0.29, 0.717) is 19.8 Å². The lowest BCUT2D eigenvalue weighted by Gasteiger charge is -2.28. The molecule has 0 radical (unpaired) electrons. The molecule has 4 aromatic rings. The Labute approximate surface area is 185 Å². The standard InChI is InChI=1S/C26H31NO3Si/c1-4-28-31(29-5-2,30-6-3)19-18-21-16-17-26-24(20-21)23-14-10-11-15-25(23)27(26)22-12-8-7-9-13-22/h7-17,20H,4-6,18-19H2,1-3H3. The molecule has 0 fully saturated rings. The molecule has 0 atom stereocenters. The van der Waals surface area contributed by atoms with E-state index in [4.69, 9.17) is 13.3 Å². The summed E-state index contributed by atoms with van der Waals surface area (Å²) in [7, 11) is -2.65. The highest BCUT2D eigenvalue weighted by Gasteiger charge is 2.39. The number of hydrogen-bond donors (Lipinski definition) is 0. The minimum atomic E-state index is -2.65. The Morgan fingerprint density at radius 1 is 0.677 bits per heavy atom. The number of aryl methyl sites for hydroxylation is 1. The van der Waals surface area contributed by atoms with Gasteiger partial charge in [0.25, 0.3) is 0 Å². The van der Waals surface area contributed by atoms with E-state index in [2.05, 4.69) is 77.4 Å². The molecule has 0 spiro atoms. The second-order valence-corrected chi connectivity index (χ2v) is 10.3. The van der Waals surface area contributed by atoms with Gasteiger partial charge in [-0.1, -0.05) is 42.5 Å². The van der Waals surface area contributed by atoms with Crippen molar-refractivity contribution in [1.29, 1.82) is 0 Å². The molecule has 0 amide bonds. The summed E-state index contributed by atoms with van der Waals surface area (Å²) in [5.74, 6) is 0. The maximum Gasteiger partial charge on any atom is 0.501 e. The summed E-state index contributed by atoms with van der Waals surface area (Å²) in [5.41, 5.74) is 4.90. The minimum Gasteiger partial charge on any atom is -0.374 e. The number of fused-ring (bicyclic) bond motifs is 3. The quantitative estimate of drug-likeness (QED) is 0.272. The van der Waals surface area contributed by atoms with Crippen molar-refractivity contribution in [2.45, 2.75) is 33.2 Å². The Morgan fingerprint density at radius 2 is 1.29 bits per heavy atom. The first-order chi connectivity index (χ1) is 15.2. The molecule has 4 nitrogen and oxygen atoms in total. The fourth-order valence-electron chi connectivity index (χ4n) is 4.33. The van der Waals surface area contributed by atoms with Crippen LogP contribution in [0, 0.1) is 0 Å². The lowest BCUT2D eigenvalue weighted by molar-refractivity contribution is 0.0714. The maximum atomic E-state index is 6.04. The normalized spacial score (nSPS) is 12.1. The van der Waals surface area contributed by atoms with Gasteiger partial charge in [-0.15, -0.1) is 0 Å². The van der Waals surface area contributed by atoms with Crippen LogP contribution in [0.15, 0.2) is 72.8 Å². The van der Waals surface area contributed by atoms with Gasteiger partial charge in [-0.2, -0.15) is 0 Å². The highest BCUT2D eigenvalue weighted by Crippen LogP contribution is 2.33. The molecule has 0 unspecified atom stereocenters. The van der Waals surface area contributed by atoms with Crippen LogP contribution in [-0.4, -0.2) is 33.2 Å². The highest BCUT2D eigenvalue weighted by atomic mass is 28.4. The van der Waals surface area contributed by atoms with Crippen LogP contribution in [0.2, 0.25) is 6.04 Å². The number of nitrogens with zero attached hydrogens (tertiary/aromatic N) is 1.